The van der Waals surface area contributed by atoms with Gasteiger partial charge in [0.15, 0.2) is 11.5 Å². The summed E-state index contributed by atoms with van der Waals surface area (Å²) < 4.78 is 22.2. The van der Waals surface area contributed by atoms with Crippen molar-refractivity contribution in [1.29, 1.82) is 0 Å². The first-order chi connectivity index (χ1) is 14.2. The van der Waals surface area contributed by atoms with E-state index in [-0.39, 0.29) is 18.7 Å². The predicted octanol–water partition coefficient (Wildman–Crippen LogP) is 5.60. The molecule has 4 rings (SSSR count). The molecule has 0 aliphatic carbocycles. The summed E-state index contributed by atoms with van der Waals surface area (Å²) in [6, 6.07) is 11.7. The van der Waals surface area contributed by atoms with E-state index < -0.39 is 0 Å². The van der Waals surface area contributed by atoms with E-state index in [1.54, 1.807) is 6.07 Å². The number of ether oxygens (including phenoxy) is 4. The van der Waals surface area contributed by atoms with Crippen LogP contribution in [0.5, 0.6) is 23.0 Å². The summed E-state index contributed by atoms with van der Waals surface area (Å²) in [6.07, 6.45) is 7.81. The van der Waals surface area contributed by atoms with Gasteiger partial charge in [-0.25, -0.2) is 0 Å². The second-order valence-electron chi connectivity index (χ2n) is 7.66. The van der Waals surface area contributed by atoms with Crippen molar-refractivity contribution in [3.05, 3.63) is 47.5 Å². The van der Waals surface area contributed by atoms with E-state index in [0.29, 0.717) is 23.7 Å². The first-order valence-corrected chi connectivity index (χ1v) is 10.6. The number of carbonyl (C=O) groups is 1. The van der Waals surface area contributed by atoms with Crippen molar-refractivity contribution in [2.24, 2.45) is 0 Å². The highest BCUT2D eigenvalue weighted by Gasteiger charge is 2.31. The third kappa shape index (κ3) is 4.66. The standard InChI is InChI=1S/C24H28O5/c1-2-3-4-5-6-7-12-26-18-10-8-17(9-11-18)19-14-24(25)29-21-15-23-22(13-20(19)21)27-16-28-23/h8-11,13,15,19H,2-7,12,14,16H2,1H3. The molecule has 0 amide bonds. The molecule has 0 spiro atoms. The monoisotopic (exact) mass is 396 g/mol. The Morgan fingerprint density at radius 1 is 0.931 bits per heavy atom. The number of benzene rings is 2. The normalized spacial score (nSPS) is 17.0. The van der Waals surface area contributed by atoms with Crippen molar-refractivity contribution in [3.8, 4) is 23.0 Å². The lowest BCUT2D eigenvalue weighted by Gasteiger charge is -2.25. The van der Waals surface area contributed by atoms with Crippen molar-refractivity contribution in [3.63, 3.8) is 0 Å². The fourth-order valence-corrected chi connectivity index (χ4v) is 3.91. The van der Waals surface area contributed by atoms with Gasteiger partial charge >= 0.3 is 5.97 Å². The van der Waals surface area contributed by atoms with Crippen LogP contribution in [0.3, 0.4) is 0 Å². The van der Waals surface area contributed by atoms with Crippen molar-refractivity contribution in [2.45, 2.75) is 57.8 Å². The van der Waals surface area contributed by atoms with Gasteiger partial charge in [0.05, 0.1) is 13.0 Å². The number of carbonyl (C=O) groups excluding carboxylic acids is 1. The van der Waals surface area contributed by atoms with E-state index in [1.165, 1.54) is 32.1 Å². The third-order valence-electron chi connectivity index (χ3n) is 5.52. The quantitative estimate of drug-likeness (QED) is 0.314. The number of hydrogen-bond donors (Lipinski definition) is 0. The molecule has 0 fully saturated rings. The number of esters is 1. The van der Waals surface area contributed by atoms with Crippen LogP contribution in [0.4, 0.5) is 0 Å². The maximum atomic E-state index is 12.1. The summed E-state index contributed by atoms with van der Waals surface area (Å²) in [5.74, 6) is 2.45. The molecule has 2 heterocycles. The summed E-state index contributed by atoms with van der Waals surface area (Å²) >= 11 is 0. The summed E-state index contributed by atoms with van der Waals surface area (Å²) in [5.41, 5.74) is 2.02. The fourth-order valence-electron chi connectivity index (χ4n) is 3.91. The maximum Gasteiger partial charge on any atom is 0.312 e. The second kappa shape index (κ2) is 9.21. The van der Waals surface area contributed by atoms with E-state index in [0.717, 1.165) is 29.9 Å². The molecule has 29 heavy (non-hydrogen) atoms. The molecule has 2 aliphatic heterocycles. The molecule has 2 aromatic carbocycles. The van der Waals surface area contributed by atoms with Gasteiger partial charge in [0, 0.05) is 17.5 Å². The Labute approximate surface area is 171 Å². The smallest absolute Gasteiger partial charge is 0.312 e. The SMILES string of the molecule is CCCCCCCCOc1ccc(C2CC(=O)Oc3cc4c(cc32)OCO4)cc1. The zero-order chi connectivity index (χ0) is 20.1. The zero-order valence-corrected chi connectivity index (χ0v) is 16.9. The minimum Gasteiger partial charge on any atom is -0.494 e. The van der Waals surface area contributed by atoms with Crippen LogP contribution < -0.4 is 18.9 Å². The van der Waals surface area contributed by atoms with Crippen LogP contribution in [0.15, 0.2) is 36.4 Å². The number of hydrogen-bond acceptors (Lipinski definition) is 5. The molecule has 5 nitrogen and oxygen atoms in total. The zero-order valence-electron chi connectivity index (χ0n) is 16.9. The van der Waals surface area contributed by atoms with Gasteiger partial charge in [0.1, 0.15) is 11.5 Å². The molecule has 0 saturated carbocycles. The van der Waals surface area contributed by atoms with Crippen molar-refractivity contribution in [2.75, 3.05) is 13.4 Å². The van der Waals surface area contributed by atoms with Gasteiger partial charge in [-0.3, -0.25) is 4.79 Å². The highest BCUT2D eigenvalue weighted by molar-refractivity contribution is 5.78. The highest BCUT2D eigenvalue weighted by Crippen LogP contribution is 2.46. The van der Waals surface area contributed by atoms with E-state index >= 15 is 0 Å². The predicted molar refractivity (Wildman–Crippen MR) is 110 cm³/mol. The van der Waals surface area contributed by atoms with Crippen LogP contribution in [0.25, 0.3) is 0 Å². The summed E-state index contributed by atoms with van der Waals surface area (Å²) in [4.78, 5) is 12.1. The number of unbranched alkanes of at least 4 members (excludes halogenated alkanes) is 5. The van der Waals surface area contributed by atoms with Gasteiger partial charge in [-0.1, -0.05) is 51.2 Å². The highest BCUT2D eigenvalue weighted by atomic mass is 16.7. The minimum absolute atomic E-state index is 0.0617. The van der Waals surface area contributed by atoms with Crippen LogP contribution >= 0.6 is 0 Å². The maximum absolute atomic E-state index is 12.1. The first-order valence-electron chi connectivity index (χ1n) is 10.6. The van der Waals surface area contributed by atoms with Crippen molar-refractivity contribution in [1.82, 2.24) is 0 Å². The summed E-state index contributed by atoms with van der Waals surface area (Å²) in [5, 5.41) is 0. The van der Waals surface area contributed by atoms with E-state index in [9.17, 15) is 4.79 Å². The largest absolute Gasteiger partial charge is 0.494 e. The van der Waals surface area contributed by atoms with Gasteiger partial charge in [-0.2, -0.15) is 0 Å². The molecule has 0 saturated heterocycles. The summed E-state index contributed by atoms with van der Waals surface area (Å²) in [7, 11) is 0. The van der Waals surface area contributed by atoms with Gasteiger partial charge in [-0.15, -0.1) is 0 Å². The molecular formula is C24H28O5. The van der Waals surface area contributed by atoms with Gasteiger partial charge in [0.2, 0.25) is 6.79 Å². The Morgan fingerprint density at radius 2 is 1.66 bits per heavy atom. The van der Waals surface area contributed by atoms with Crippen LogP contribution in [-0.4, -0.2) is 19.4 Å². The average molecular weight is 396 g/mol. The average Bonchev–Trinajstić information content (AvgIpc) is 3.19. The topological polar surface area (TPSA) is 54.0 Å². The van der Waals surface area contributed by atoms with E-state index in [4.69, 9.17) is 18.9 Å². The minimum atomic E-state index is -0.232. The molecule has 0 aromatic heterocycles. The van der Waals surface area contributed by atoms with Gasteiger partial charge < -0.3 is 18.9 Å². The molecule has 154 valence electrons. The number of rotatable bonds is 9. The first kappa shape index (κ1) is 19.6. The fraction of sp³-hybridized carbons (Fsp3) is 0.458. The molecule has 0 radical (unpaired) electrons. The Balaban J connectivity index is 1.39. The van der Waals surface area contributed by atoms with Crippen LogP contribution in [0.1, 0.15) is 68.9 Å². The van der Waals surface area contributed by atoms with Crippen LogP contribution in [-0.2, 0) is 4.79 Å². The summed E-state index contributed by atoms with van der Waals surface area (Å²) in [6.45, 7) is 3.17. The Bertz CT molecular complexity index is 843. The molecule has 2 aliphatic rings. The Morgan fingerprint density at radius 3 is 2.45 bits per heavy atom. The molecule has 1 unspecified atom stereocenters. The Hall–Kier alpha value is -2.69. The Kier molecular flexibility index (Phi) is 6.23. The molecule has 1 atom stereocenters. The van der Waals surface area contributed by atoms with E-state index in [2.05, 4.69) is 6.92 Å². The van der Waals surface area contributed by atoms with Crippen molar-refractivity contribution >= 4 is 5.97 Å². The van der Waals surface area contributed by atoms with Gasteiger partial charge in [-0.05, 0) is 30.2 Å². The number of fused-ring (bicyclic) bond motifs is 2. The molecule has 0 bridgehead atoms. The lowest BCUT2D eigenvalue weighted by Crippen LogP contribution is -2.20. The van der Waals surface area contributed by atoms with E-state index in [1.807, 2.05) is 30.3 Å². The van der Waals surface area contributed by atoms with Gasteiger partial charge in [0.25, 0.3) is 0 Å². The lowest BCUT2D eigenvalue weighted by molar-refractivity contribution is -0.135. The molecule has 5 heteroatoms. The molecule has 0 N–H and O–H groups in total. The van der Waals surface area contributed by atoms with Crippen LogP contribution in [0, 0.1) is 0 Å². The van der Waals surface area contributed by atoms with Crippen molar-refractivity contribution < 1.29 is 23.7 Å². The third-order valence-corrected chi connectivity index (χ3v) is 5.52. The molecular weight excluding hydrogens is 368 g/mol. The lowest BCUT2D eigenvalue weighted by atomic mass is 9.86. The second-order valence-corrected chi connectivity index (χ2v) is 7.66. The van der Waals surface area contributed by atoms with Crippen LogP contribution in [0.2, 0.25) is 0 Å². The molecule has 2 aromatic rings.